The second-order valence-corrected chi connectivity index (χ2v) is 8.24. The highest BCUT2D eigenvalue weighted by molar-refractivity contribution is 7.89. The van der Waals surface area contributed by atoms with Crippen molar-refractivity contribution < 1.29 is 21.6 Å². The van der Waals surface area contributed by atoms with Crippen LogP contribution in [0.1, 0.15) is 36.2 Å². The molecule has 0 bridgehead atoms. The van der Waals surface area contributed by atoms with Crippen molar-refractivity contribution in [2.45, 2.75) is 30.6 Å². The number of hydrogen-bond donors (Lipinski definition) is 2. The fourth-order valence-electron chi connectivity index (χ4n) is 2.77. The molecule has 0 aliphatic rings. The molecule has 0 amide bonds. The SMILES string of the molecule is CCC(Nc1ccc(C(F)(F)F)cc1)n1cc(C#Cc2cccc(S(N)(=O)=O)c2)cn1. The lowest BCUT2D eigenvalue weighted by molar-refractivity contribution is -0.137. The first kappa shape index (κ1) is 22.4. The number of nitrogens with one attached hydrogen (secondary N) is 1. The summed E-state index contributed by atoms with van der Waals surface area (Å²) in [5.41, 5.74) is 0.889. The highest BCUT2D eigenvalue weighted by Gasteiger charge is 2.30. The zero-order valence-corrected chi connectivity index (χ0v) is 17.2. The predicted octanol–water partition coefficient (Wildman–Crippen LogP) is 3.97. The van der Waals surface area contributed by atoms with E-state index in [1.54, 1.807) is 29.2 Å². The van der Waals surface area contributed by atoms with Crippen LogP contribution in [0.3, 0.4) is 0 Å². The van der Waals surface area contributed by atoms with E-state index in [4.69, 9.17) is 5.14 Å². The zero-order chi connectivity index (χ0) is 22.6. The molecule has 3 aromatic rings. The molecule has 1 unspecified atom stereocenters. The van der Waals surface area contributed by atoms with Gasteiger partial charge in [0.05, 0.1) is 22.2 Å². The average molecular weight is 448 g/mol. The van der Waals surface area contributed by atoms with Crippen molar-refractivity contribution in [2.24, 2.45) is 5.14 Å². The fraction of sp³-hybridized carbons (Fsp3) is 0.190. The highest BCUT2D eigenvalue weighted by Crippen LogP contribution is 2.30. The van der Waals surface area contributed by atoms with Crippen LogP contribution in [0.15, 0.2) is 65.8 Å². The van der Waals surface area contributed by atoms with Gasteiger partial charge in [-0.25, -0.2) is 18.2 Å². The number of sulfonamides is 1. The van der Waals surface area contributed by atoms with E-state index in [2.05, 4.69) is 22.3 Å². The van der Waals surface area contributed by atoms with Gasteiger partial charge in [0.1, 0.15) is 6.17 Å². The Morgan fingerprint density at radius 3 is 2.42 bits per heavy atom. The Balaban J connectivity index is 1.75. The molecular formula is C21H19F3N4O2S. The number of nitrogens with two attached hydrogens (primary N) is 1. The van der Waals surface area contributed by atoms with Gasteiger partial charge in [-0.15, -0.1) is 0 Å². The van der Waals surface area contributed by atoms with E-state index in [-0.39, 0.29) is 11.1 Å². The monoisotopic (exact) mass is 448 g/mol. The van der Waals surface area contributed by atoms with Crippen LogP contribution in [-0.2, 0) is 16.2 Å². The van der Waals surface area contributed by atoms with Gasteiger partial charge in [-0.3, -0.25) is 0 Å². The number of aromatic nitrogens is 2. The minimum atomic E-state index is -4.38. The summed E-state index contributed by atoms with van der Waals surface area (Å²) >= 11 is 0. The number of rotatable bonds is 5. The molecule has 6 nitrogen and oxygen atoms in total. The summed E-state index contributed by atoms with van der Waals surface area (Å²) in [6.07, 6.45) is -0.814. The van der Waals surface area contributed by atoms with Gasteiger partial charge >= 0.3 is 6.18 Å². The molecular weight excluding hydrogens is 429 g/mol. The summed E-state index contributed by atoms with van der Waals surface area (Å²) in [6.45, 7) is 1.91. The summed E-state index contributed by atoms with van der Waals surface area (Å²) in [4.78, 5) is -0.0261. The third kappa shape index (κ3) is 5.87. The fourth-order valence-corrected chi connectivity index (χ4v) is 3.33. The maximum atomic E-state index is 12.7. The van der Waals surface area contributed by atoms with Crippen molar-refractivity contribution in [2.75, 3.05) is 5.32 Å². The Kier molecular flexibility index (Phi) is 6.38. The van der Waals surface area contributed by atoms with Crippen LogP contribution in [0.2, 0.25) is 0 Å². The third-order valence-electron chi connectivity index (χ3n) is 4.37. The van der Waals surface area contributed by atoms with Crippen molar-refractivity contribution in [1.29, 1.82) is 0 Å². The van der Waals surface area contributed by atoms with Crippen LogP contribution >= 0.6 is 0 Å². The molecule has 0 spiro atoms. The summed E-state index contributed by atoms with van der Waals surface area (Å²) in [6, 6.07) is 10.8. The van der Waals surface area contributed by atoms with Gasteiger partial charge in [0.15, 0.2) is 0 Å². The van der Waals surface area contributed by atoms with Crippen LogP contribution in [0.25, 0.3) is 0 Å². The summed E-state index contributed by atoms with van der Waals surface area (Å²) in [7, 11) is -3.81. The second-order valence-electron chi connectivity index (χ2n) is 6.68. The molecule has 1 aromatic heterocycles. The van der Waals surface area contributed by atoms with Gasteiger partial charge in [0, 0.05) is 17.4 Å². The summed E-state index contributed by atoms with van der Waals surface area (Å²) < 4.78 is 62.6. The Bertz CT molecular complexity index is 1220. The first-order valence-corrected chi connectivity index (χ1v) is 10.7. The zero-order valence-electron chi connectivity index (χ0n) is 16.4. The van der Waals surface area contributed by atoms with E-state index in [1.807, 2.05) is 6.92 Å². The summed E-state index contributed by atoms with van der Waals surface area (Å²) in [5, 5.41) is 12.5. The first-order chi connectivity index (χ1) is 14.6. The van der Waals surface area contributed by atoms with Gasteiger partial charge < -0.3 is 5.32 Å². The second kappa shape index (κ2) is 8.83. The van der Waals surface area contributed by atoms with Crippen LogP contribution < -0.4 is 10.5 Å². The number of anilines is 1. The lowest BCUT2D eigenvalue weighted by atomic mass is 10.2. The molecule has 3 N–H and O–H groups in total. The van der Waals surface area contributed by atoms with Gasteiger partial charge in [-0.05, 0) is 48.9 Å². The van der Waals surface area contributed by atoms with Gasteiger partial charge in [0.25, 0.3) is 0 Å². The van der Waals surface area contributed by atoms with Crippen LogP contribution in [-0.4, -0.2) is 18.2 Å². The molecule has 0 aliphatic carbocycles. The normalized spacial score (nSPS) is 12.7. The van der Waals surface area contributed by atoms with Crippen molar-refractivity contribution in [3.8, 4) is 11.8 Å². The molecule has 1 atom stereocenters. The van der Waals surface area contributed by atoms with Gasteiger partial charge in [0.2, 0.25) is 10.0 Å². The lowest BCUT2D eigenvalue weighted by Gasteiger charge is -2.19. The van der Waals surface area contributed by atoms with E-state index in [0.29, 0.717) is 23.2 Å². The number of halogens is 3. The molecule has 0 saturated heterocycles. The van der Waals surface area contributed by atoms with Gasteiger partial charge in [-0.2, -0.15) is 18.3 Å². The molecule has 0 fully saturated rings. The minimum Gasteiger partial charge on any atom is -0.364 e. The molecule has 10 heteroatoms. The molecule has 162 valence electrons. The Hall–Kier alpha value is -3.29. The maximum absolute atomic E-state index is 12.7. The van der Waals surface area contributed by atoms with Crippen molar-refractivity contribution in [1.82, 2.24) is 9.78 Å². The predicted molar refractivity (Wildman–Crippen MR) is 110 cm³/mol. The Morgan fingerprint density at radius 1 is 1.13 bits per heavy atom. The molecule has 0 radical (unpaired) electrons. The van der Waals surface area contributed by atoms with Crippen LogP contribution in [0, 0.1) is 11.8 Å². The number of primary sulfonamides is 1. The Labute approximate surface area is 177 Å². The molecule has 3 rings (SSSR count). The van der Waals surface area contributed by atoms with E-state index >= 15 is 0 Å². The number of hydrogen-bond acceptors (Lipinski definition) is 4. The molecule has 0 aliphatic heterocycles. The van der Waals surface area contributed by atoms with E-state index in [0.717, 1.165) is 12.1 Å². The first-order valence-electron chi connectivity index (χ1n) is 9.19. The largest absolute Gasteiger partial charge is 0.416 e. The number of nitrogens with zero attached hydrogens (tertiary/aromatic N) is 2. The number of benzene rings is 2. The summed E-state index contributed by atoms with van der Waals surface area (Å²) in [5.74, 6) is 5.77. The minimum absolute atomic E-state index is 0.0261. The smallest absolute Gasteiger partial charge is 0.364 e. The number of alkyl halides is 3. The third-order valence-corrected chi connectivity index (χ3v) is 5.28. The molecule has 31 heavy (non-hydrogen) atoms. The average Bonchev–Trinajstić information content (AvgIpc) is 3.18. The van der Waals surface area contributed by atoms with E-state index in [1.165, 1.54) is 24.3 Å². The quantitative estimate of drug-likeness (QED) is 0.578. The van der Waals surface area contributed by atoms with E-state index < -0.39 is 21.8 Å². The van der Waals surface area contributed by atoms with Gasteiger partial charge in [-0.1, -0.05) is 24.8 Å². The standard InChI is InChI=1S/C21H19F3N4O2S/c1-2-20(27-18-10-8-17(9-11-18)21(22,23)24)28-14-16(13-26-28)7-6-15-4-3-5-19(12-15)31(25,29)30/h3-5,8-14,20,27H,2H2,1H3,(H2,25,29,30). The topological polar surface area (TPSA) is 90.0 Å². The van der Waals surface area contributed by atoms with E-state index in [9.17, 15) is 21.6 Å². The molecule has 1 heterocycles. The van der Waals surface area contributed by atoms with Crippen LogP contribution in [0.5, 0.6) is 0 Å². The highest BCUT2D eigenvalue weighted by atomic mass is 32.2. The lowest BCUT2D eigenvalue weighted by Crippen LogP contribution is -2.18. The maximum Gasteiger partial charge on any atom is 0.416 e. The van der Waals surface area contributed by atoms with Crippen molar-refractivity contribution in [3.05, 3.63) is 77.6 Å². The Morgan fingerprint density at radius 2 is 1.81 bits per heavy atom. The molecule has 0 saturated carbocycles. The molecule has 2 aromatic carbocycles. The van der Waals surface area contributed by atoms with Crippen molar-refractivity contribution in [3.63, 3.8) is 0 Å². The van der Waals surface area contributed by atoms with Crippen molar-refractivity contribution >= 4 is 15.7 Å². The van der Waals surface area contributed by atoms with Crippen LogP contribution in [0.4, 0.5) is 18.9 Å².